The number of carbonyl (C=O) groups is 1. The number of hydrogen-bond donors (Lipinski definition) is 0. The molecule has 0 aliphatic carbocycles. The Hall–Kier alpha value is -1.39. The fourth-order valence-electron chi connectivity index (χ4n) is 1.90. The number of ketones is 1. The molecule has 0 saturated carbocycles. The highest BCUT2D eigenvalue weighted by atomic mass is 79.9. The van der Waals surface area contributed by atoms with Crippen LogP contribution < -0.4 is 0 Å². The Bertz CT molecular complexity index is 775. The van der Waals surface area contributed by atoms with Gasteiger partial charge in [-0.2, -0.15) is 0 Å². The summed E-state index contributed by atoms with van der Waals surface area (Å²) in [6, 6.07) is 14.7. The number of halogens is 2. The molecule has 0 spiro atoms. The number of fused-ring (bicyclic) bond motifs is 1. The van der Waals surface area contributed by atoms with Crippen LogP contribution in [0.5, 0.6) is 0 Å². The summed E-state index contributed by atoms with van der Waals surface area (Å²) in [5.74, 6) is 0.236. The summed E-state index contributed by atoms with van der Waals surface area (Å²) in [5, 5.41) is 0.910. The van der Waals surface area contributed by atoms with E-state index in [9.17, 15) is 4.79 Å². The van der Waals surface area contributed by atoms with Crippen molar-refractivity contribution >= 4 is 48.6 Å². The molecule has 0 fully saturated rings. The standard InChI is InChI=1S/C15H8Br2O2/c16-11-3-1-2-9(6-11)15(18)14-8-10-7-12(17)4-5-13(10)19-14/h1-8H. The van der Waals surface area contributed by atoms with E-state index in [2.05, 4.69) is 31.9 Å². The summed E-state index contributed by atoms with van der Waals surface area (Å²) in [5.41, 5.74) is 1.31. The van der Waals surface area contributed by atoms with Crippen molar-refractivity contribution in [1.29, 1.82) is 0 Å². The van der Waals surface area contributed by atoms with E-state index in [0.717, 1.165) is 14.3 Å². The predicted molar refractivity (Wildman–Crippen MR) is 81.5 cm³/mol. The van der Waals surface area contributed by atoms with Gasteiger partial charge in [-0.15, -0.1) is 0 Å². The monoisotopic (exact) mass is 378 g/mol. The molecule has 2 nitrogen and oxygen atoms in total. The van der Waals surface area contributed by atoms with Gasteiger partial charge in [-0.3, -0.25) is 4.79 Å². The fraction of sp³-hybridized carbons (Fsp3) is 0. The van der Waals surface area contributed by atoms with Gasteiger partial charge in [0.25, 0.3) is 0 Å². The summed E-state index contributed by atoms with van der Waals surface area (Å²) in [6.45, 7) is 0. The Kier molecular flexibility index (Phi) is 3.29. The van der Waals surface area contributed by atoms with E-state index >= 15 is 0 Å². The molecule has 3 aromatic rings. The molecule has 0 unspecified atom stereocenters. The average Bonchev–Trinajstić information content (AvgIpc) is 2.80. The predicted octanol–water partition coefficient (Wildman–Crippen LogP) is 5.19. The van der Waals surface area contributed by atoms with Crippen LogP contribution >= 0.6 is 31.9 Å². The largest absolute Gasteiger partial charge is 0.453 e. The van der Waals surface area contributed by atoms with Crippen molar-refractivity contribution < 1.29 is 9.21 Å². The fourth-order valence-corrected chi connectivity index (χ4v) is 2.68. The van der Waals surface area contributed by atoms with Crippen molar-refractivity contribution in [2.24, 2.45) is 0 Å². The van der Waals surface area contributed by atoms with Gasteiger partial charge >= 0.3 is 0 Å². The molecule has 2 aromatic carbocycles. The van der Waals surface area contributed by atoms with Crippen LogP contribution in [-0.2, 0) is 0 Å². The van der Waals surface area contributed by atoms with E-state index in [1.54, 1.807) is 18.2 Å². The van der Waals surface area contributed by atoms with Gasteiger partial charge in [-0.25, -0.2) is 0 Å². The highest BCUT2D eigenvalue weighted by Gasteiger charge is 2.14. The number of carbonyl (C=O) groups excluding carboxylic acids is 1. The third-order valence-corrected chi connectivity index (χ3v) is 3.78. The molecule has 0 N–H and O–H groups in total. The van der Waals surface area contributed by atoms with Crippen molar-refractivity contribution in [2.45, 2.75) is 0 Å². The van der Waals surface area contributed by atoms with Crippen LogP contribution in [0.25, 0.3) is 11.0 Å². The van der Waals surface area contributed by atoms with Crippen molar-refractivity contribution in [1.82, 2.24) is 0 Å². The van der Waals surface area contributed by atoms with Crippen molar-refractivity contribution in [3.8, 4) is 0 Å². The Balaban J connectivity index is 2.06. The minimum atomic E-state index is -0.117. The molecular weight excluding hydrogens is 372 g/mol. The lowest BCUT2D eigenvalue weighted by atomic mass is 10.1. The van der Waals surface area contributed by atoms with Gasteiger partial charge in [0, 0.05) is 19.9 Å². The zero-order chi connectivity index (χ0) is 13.4. The molecule has 94 valence electrons. The zero-order valence-electron chi connectivity index (χ0n) is 9.69. The van der Waals surface area contributed by atoms with Crippen LogP contribution in [0.3, 0.4) is 0 Å². The molecule has 0 radical (unpaired) electrons. The lowest BCUT2D eigenvalue weighted by Crippen LogP contribution is -1.98. The summed E-state index contributed by atoms with van der Waals surface area (Å²) in [6.07, 6.45) is 0. The van der Waals surface area contributed by atoms with Crippen molar-refractivity contribution in [2.75, 3.05) is 0 Å². The van der Waals surface area contributed by atoms with Crippen LogP contribution in [0.1, 0.15) is 16.1 Å². The molecule has 1 heterocycles. The van der Waals surface area contributed by atoms with Crippen LogP contribution in [0.15, 0.2) is 61.9 Å². The quantitative estimate of drug-likeness (QED) is 0.573. The first-order valence-corrected chi connectivity index (χ1v) is 7.21. The van der Waals surface area contributed by atoms with Crippen LogP contribution in [0.4, 0.5) is 0 Å². The summed E-state index contributed by atoms with van der Waals surface area (Å²) in [7, 11) is 0. The molecule has 4 heteroatoms. The topological polar surface area (TPSA) is 30.2 Å². The third-order valence-electron chi connectivity index (χ3n) is 2.79. The second-order valence-electron chi connectivity index (χ2n) is 4.13. The second kappa shape index (κ2) is 4.94. The Morgan fingerprint density at radius 2 is 1.74 bits per heavy atom. The maximum absolute atomic E-state index is 12.3. The number of benzene rings is 2. The van der Waals surface area contributed by atoms with E-state index in [1.165, 1.54) is 0 Å². The zero-order valence-corrected chi connectivity index (χ0v) is 12.9. The lowest BCUT2D eigenvalue weighted by molar-refractivity contribution is 0.101. The molecule has 0 amide bonds. The maximum atomic E-state index is 12.3. The molecule has 19 heavy (non-hydrogen) atoms. The van der Waals surface area contributed by atoms with E-state index < -0.39 is 0 Å². The first-order chi connectivity index (χ1) is 9.13. The lowest BCUT2D eigenvalue weighted by Gasteiger charge is -1.97. The Morgan fingerprint density at radius 3 is 2.53 bits per heavy atom. The number of rotatable bonds is 2. The first-order valence-electron chi connectivity index (χ1n) is 5.63. The molecular formula is C15H8Br2O2. The first kappa shape index (κ1) is 12.6. The number of furan rings is 1. The number of hydrogen-bond acceptors (Lipinski definition) is 2. The molecule has 0 aliphatic heterocycles. The normalized spacial score (nSPS) is 10.8. The Morgan fingerprint density at radius 1 is 0.947 bits per heavy atom. The minimum Gasteiger partial charge on any atom is -0.453 e. The average molecular weight is 380 g/mol. The van der Waals surface area contributed by atoms with Gasteiger partial charge in [0.1, 0.15) is 5.58 Å². The highest BCUT2D eigenvalue weighted by molar-refractivity contribution is 9.10. The molecule has 0 aliphatic rings. The molecule has 3 rings (SSSR count). The molecule has 1 aromatic heterocycles. The van der Waals surface area contributed by atoms with Gasteiger partial charge in [0.2, 0.25) is 5.78 Å². The second-order valence-corrected chi connectivity index (χ2v) is 5.96. The molecule has 0 bridgehead atoms. The summed E-state index contributed by atoms with van der Waals surface area (Å²) in [4.78, 5) is 12.3. The van der Waals surface area contributed by atoms with Gasteiger partial charge < -0.3 is 4.42 Å². The summed E-state index contributed by atoms with van der Waals surface area (Å²) >= 11 is 6.76. The smallest absolute Gasteiger partial charge is 0.228 e. The van der Waals surface area contributed by atoms with E-state index in [4.69, 9.17) is 4.42 Å². The van der Waals surface area contributed by atoms with E-state index in [0.29, 0.717) is 16.9 Å². The highest BCUT2D eigenvalue weighted by Crippen LogP contribution is 2.25. The SMILES string of the molecule is O=C(c1cccc(Br)c1)c1cc2cc(Br)ccc2o1. The van der Waals surface area contributed by atoms with Gasteiger partial charge in [0.15, 0.2) is 5.76 Å². The molecule has 0 saturated heterocycles. The minimum absolute atomic E-state index is 0.117. The van der Waals surface area contributed by atoms with Crippen LogP contribution in [-0.4, -0.2) is 5.78 Å². The Labute approximate surface area is 126 Å². The summed E-state index contributed by atoms with van der Waals surface area (Å²) < 4.78 is 7.43. The van der Waals surface area contributed by atoms with Gasteiger partial charge in [0.05, 0.1) is 0 Å². The van der Waals surface area contributed by atoms with E-state index in [-0.39, 0.29) is 5.78 Å². The van der Waals surface area contributed by atoms with Gasteiger partial charge in [-0.05, 0) is 36.4 Å². The van der Waals surface area contributed by atoms with Crippen molar-refractivity contribution in [3.05, 3.63) is 68.8 Å². The van der Waals surface area contributed by atoms with Crippen LogP contribution in [0.2, 0.25) is 0 Å². The van der Waals surface area contributed by atoms with Crippen LogP contribution in [0, 0.1) is 0 Å². The van der Waals surface area contributed by atoms with Gasteiger partial charge in [-0.1, -0.05) is 44.0 Å². The maximum Gasteiger partial charge on any atom is 0.228 e. The van der Waals surface area contributed by atoms with E-state index in [1.807, 2.05) is 30.3 Å². The third kappa shape index (κ3) is 2.51. The van der Waals surface area contributed by atoms with Crippen molar-refractivity contribution in [3.63, 3.8) is 0 Å². The molecule has 0 atom stereocenters.